The molecule has 0 aliphatic carbocycles. The molecule has 0 spiro atoms. The number of aliphatic hydroxyl groups is 1. The molecule has 3 aromatic heterocycles. The molecule has 18 heteroatoms. The zero-order chi connectivity index (χ0) is 49.4. The normalized spacial score (nSPS) is 17.7. The van der Waals surface area contributed by atoms with Crippen LogP contribution in [0.5, 0.6) is 5.75 Å². The number of benzene rings is 2. The van der Waals surface area contributed by atoms with Crippen molar-refractivity contribution in [2.24, 2.45) is 5.41 Å². The number of nitrogens with zero attached hydrogens (tertiary/aromatic N) is 6. The molecule has 2 fully saturated rings. The summed E-state index contributed by atoms with van der Waals surface area (Å²) in [6.45, 7) is 12.7. The first-order valence-electron chi connectivity index (χ1n) is 23.8. The van der Waals surface area contributed by atoms with Crippen molar-refractivity contribution in [3.8, 4) is 27.3 Å². The summed E-state index contributed by atoms with van der Waals surface area (Å²) in [7, 11) is 0. The Balaban J connectivity index is 0.796. The van der Waals surface area contributed by atoms with Crippen molar-refractivity contribution in [1.82, 2.24) is 40.2 Å². The van der Waals surface area contributed by atoms with Crippen LogP contribution < -0.4 is 21.1 Å². The predicted octanol–water partition coefficient (Wildman–Crippen LogP) is 9.33. The molecule has 0 saturated carbocycles. The number of thiazole rings is 1. The molecule has 5 N–H and O–H groups in total. The molecule has 370 valence electrons. The van der Waals surface area contributed by atoms with Crippen molar-refractivity contribution >= 4 is 58.1 Å². The highest BCUT2D eigenvalue weighted by molar-refractivity contribution is 7.13. The zero-order valence-electron chi connectivity index (χ0n) is 40.0. The number of hydrogen-bond acceptors (Lipinski definition) is 11. The van der Waals surface area contributed by atoms with Gasteiger partial charge in [0.15, 0.2) is 11.6 Å². The van der Waals surface area contributed by atoms with Gasteiger partial charge in [-0.25, -0.2) is 14.4 Å². The van der Waals surface area contributed by atoms with Crippen LogP contribution in [-0.2, 0) is 20.9 Å². The summed E-state index contributed by atoms with van der Waals surface area (Å²) in [6, 6.07) is 11.0. The van der Waals surface area contributed by atoms with E-state index < -0.39 is 35.5 Å². The fraction of sp³-hybridized carbons (Fsp3) is 0.490. The second kappa shape index (κ2) is 23.2. The molecule has 0 radical (unpaired) electrons. The number of hydrogen-bond donors (Lipinski definition) is 4. The van der Waals surface area contributed by atoms with Gasteiger partial charge in [-0.05, 0) is 80.8 Å². The fourth-order valence-electron chi connectivity index (χ4n) is 9.13. The average Bonchev–Trinajstić information content (AvgIpc) is 4.09. The number of halogens is 3. The van der Waals surface area contributed by atoms with Gasteiger partial charge in [-0.2, -0.15) is 5.10 Å². The summed E-state index contributed by atoms with van der Waals surface area (Å²) < 4.78 is 22.3. The monoisotopic (exact) mass is 1000 g/mol. The van der Waals surface area contributed by atoms with Crippen LogP contribution in [0.1, 0.15) is 114 Å². The molecule has 2 aromatic carbocycles. The van der Waals surface area contributed by atoms with Gasteiger partial charge in [0.05, 0.1) is 39.4 Å². The highest BCUT2D eigenvalue weighted by atomic mass is 35.5. The van der Waals surface area contributed by atoms with E-state index in [1.165, 1.54) is 17.0 Å². The number of aromatic nitrogens is 4. The number of ether oxygens (including phenoxy) is 1. The Morgan fingerprint density at radius 3 is 2.42 bits per heavy atom. The fourth-order valence-corrected chi connectivity index (χ4v) is 10.6. The summed E-state index contributed by atoms with van der Waals surface area (Å²) >= 11 is 14.1. The molecule has 4 atom stereocenters. The molecule has 3 amide bonds. The van der Waals surface area contributed by atoms with Crippen LogP contribution in [0, 0.1) is 18.2 Å². The number of nitrogens with one attached hydrogen (secondary N) is 2. The van der Waals surface area contributed by atoms with Gasteiger partial charge >= 0.3 is 0 Å². The molecular formula is C51H64Cl2FN9O5S. The van der Waals surface area contributed by atoms with E-state index in [1.54, 1.807) is 30.5 Å². The summed E-state index contributed by atoms with van der Waals surface area (Å²) in [5.41, 5.74) is 12.3. The molecule has 69 heavy (non-hydrogen) atoms. The number of nitrogen functional groups attached to an aromatic ring is 1. The maximum absolute atomic E-state index is 14.2. The first-order chi connectivity index (χ1) is 33.0. The number of anilines is 1. The van der Waals surface area contributed by atoms with Gasteiger partial charge in [0.25, 0.3) is 0 Å². The van der Waals surface area contributed by atoms with Crippen LogP contribution in [0.4, 0.5) is 10.2 Å². The zero-order valence-corrected chi connectivity index (χ0v) is 42.3. The van der Waals surface area contributed by atoms with Crippen molar-refractivity contribution in [3.05, 3.63) is 99.2 Å². The van der Waals surface area contributed by atoms with E-state index in [4.69, 9.17) is 38.8 Å². The number of β-amino-alcohol motifs (C(OH)–C–C–N with tert-alkyl or cyclic N) is 1. The number of aryl methyl sites for hydroxylation is 1. The third-order valence-corrected chi connectivity index (χ3v) is 14.8. The lowest BCUT2D eigenvalue weighted by atomic mass is 9.85. The van der Waals surface area contributed by atoms with Gasteiger partial charge in [-0.3, -0.25) is 19.1 Å². The van der Waals surface area contributed by atoms with Crippen LogP contribution in [0.3, 0.4) is 0 Å². The Morgan fingerprint density at radius 1 is 0.986 bits per heavy atom. The van der Waals surface area contributed by atoms with Crippen molar-refractivity contribution in [1.29, 1.82) is 0 Å². The maximum Gasteiger partial charge on any atom is 0.246 e. The van der Waals surface area contributed by atoms with E-state index in [1.807, 2.05) is 74.5 Å². The number of unbranched alkanes of at least 4 members (excludes halogenated alkanes) is 4. The first-order valence-corrected chi connectivity index (χ1v) is 25.5. The van der Waals surface area contributed by atoms with Crippen molar-refractivity contribution in [2.75, 3.05) is 31.9 Å². The van der Waals surface area contributed by atoms with E-state index >= 15 is 0 Å². The number of likely N-dealkylation sites (tertiary alicyclic amines) is 2. The second-order valence-electron chi connectivity index (χ2n) is 19.4. The van der Waals surface area contributed by atoms with E-state index in [0.717, 1.165) is 91.0 Å². The van der Waals surface area contributed by atoms with Crippen LogP contribution in [0.2, 0.25) is 10.0 Å². The van der Waals surface area contributed by atoms with Crippen LogP contribution in [0.15, 0.2) is 66.6 Å². The number of amides is 3. The quantitative estimate of drug-likeness (QED) is 0.0460. The van der Waals surface area contributed by atoms with Gasteiger partial charge in [0, 0.05) is 73.1 Å². The Morgan fingerprint density at radius 2 is 1.71 bits per heavy atom. The molecule has 2 unspecified atom stereocenters. The van der Waals surface area contributed by atoms with Gasteiger partial charge in [-0.1, -0.05) is 87.5 Å². The number of carbonyl (C=O) groups excluding carboxylic acids is 3. The van der Waals surface area contributed by atoms with Gasteiger partial charge in [-0.15, -0.1) is 11.3 Å². The van der Waals surface area contributed by atoms with Crippen LogP contribution >= 0.6 is 34.5 Å². The Labute approximate surface area is 418 Å². The topological polar surface area (TPSA) is 181 Å². The minimum atomic E-state index is -0.854. The Hall–Kier alpha value is -5.13. The standard InChI is InChI=1S/C51H64Cl2FN9O5S/c1-31-46(69-30-58-31)34-14-12-33(13-15-34)25-57-49(66)41-24-38(64)29-62(41)50(67)47(51(3,4)5)60-43(65)11-9-7-6-8-10-20-61-21-18-37(19-22-61)63-28-36(27-59-63)35-23-42(48(55)56-26-35)68-32(2)44-39(52)16-17-40(54)45(44)53/h12-17,23,26-28,30,32,37-38,41,47,64H,6-11,18-22,24-25,29H2,1-5H3,(H2,55,56)(H,57,66)(H,60,65)/t32?,38-,41+,47?/m1/s1. The lowest BCUT2D eigenvalue weighted by Crippen LogP contribution is -2.57. The van der Waals surface area contributed by atoms with Crippen LogP contribution in [0.25, 0.3) is 21.6 Å². The van der Waals surface area contributed by atoms with E-state index in [9.17, 15) is 23.9 Å². The average molecular weight is 1010 g/mol. The lowest BCUT2D eigenvalue weighted by molar-refractivity contribution is -0.144. The third-order valence-electron chi connectivity index (χ3n) is 13.1. The largest absolute Gasteiger partial charge is 0.482 e. The smallest absolute Gasteiger partial charge is 0.246 e. The molecule has 0 bridgehead atoms. The molecule has 2 aliphatic rings. The van der Waals surface area contributed by atoms with Crippen molar-refractivity contribution in [2.45, 2.75) is 129 Å². The van der Waals surface area contributed by atoms with Gasteiger partial charge < -0.3 is 36.0 Å². The first kappa shape index (κ1) is 51.7. The summed E-state index contributed by atoms with van der Waals surface area (Å²) in [5, 5.41) is 21.4. The molecule has 7 rings (SSSR count). The maximum atomic E-state index is 14.2. The third kappa shape index (κ3) is 13.2. The van der Waals surface area contributed by atoms with Gasteiger partial charge in [0.2, 0.25) is 17.7 Å². The number of nitrogens with two attached hydrogens (primary N) is 1. The summed E-state index contributed by atoms with van der Waals surface area (Å²) in [5.74, 6) is -0.954. The lowest BCUT2D eigenvalue weighted by Gasteiger charge is -2.35. The van der Waals surface area contributed by atoms with E-state index in [-0.39, 0.29) is 54.1 Å². The van der Waals surface area contributed by atoms with E-state index in [0.29, 0.717) is 29.2 Å². The summed E-state index contributed by atoms with van der Waals surface area (Å²) in [4.78, 5) is 54.5. The highest BCUT2D eigenvalue weighted by Crippen LogP contribution is 2.38. The predicted molar refractivity (Wildman–Crippen MR) is 269 cm³/mol. The minimum Gasteiger partial charge on any atom is -0.482 e. The number of aliphatic hydroxyl groups excluding tert-OH is 1. The van der Waals surface area contributed by atoms with Crippen molar-refractivity contribution < 1.29 is 28.6 Å². The minimum absolute atomic E-state index is 0.0306. The number of carbonyl (C=O) groups is 3. The van der Waals surface area contributed by atoms with Crippen molar-refractivity contribution in [3.63, 3.8) is 0 Å². The summed E-state index contributed by atoms with van der Waals surface area (Å²) in [6.07, 6.45) is 11.2. The molecular weight excluding hydrogens is 941 g/mol. The molecule has 5 heterocycles. The Bertz CT molecular complexity index is 2560. The van der Waals surface area contributed by atoms with E-state index in [2.05, 4.69) is 25.5 Å². The SMILES string of the molecule is Cc1ncsc1-c1ccc(CNC(=O)[C@@H]2C[C@@H](O)CN2C(=O)C(NC(=O)CCCCCCCN2CCC(n3cc(-c4cnc(N)c(OC(C)c5c(Cl)ccc(F)c5Cl)c4)cn3)CC2)C(C)(C)C)cc1. The number of rotatable bonds is 19. The second-order valence-corrected chi connectivity index (χ2v) is 21.0. The molecule has 5 aromatic rings. The Kier molecular flexibility index (Phi) is 17.4. The number of piperidine rings is 1. The highest BCUT2D eigenvalue weighted by Gasteiger charge is 2.44. The van der Waals surface area contributed by atoms with Crippen LogP contribution in [-0.4, -0.2) is 96.7 Å². The molecule has 2 saturated heterocycles. The molecule has 2 aliphatic heterocycles. The number of pyridine rings is 1. The molecule has 14 nitrogen and oxygen atoms in total. The van der Waals surface area contributed by atoms with Gasteiger partial charge in [0.1, 0.15) is 24.0 Å².